The number of rotatable bonds is 8. The minimum Gasteiger partial charge on any atom is -0.347 e. The van der Waals surface area contributed by atoms with Crippen LogP contribution in [0.2, 0.25) is 0 Å². The van der Waals surface area contributed by atoms with Gasteiger partial charge in [0.15, 0.2) is 0 Å². The van der Waals surface area contributed by atoms with Crippen molar-refractivity contribution < 1.29 is 8.42 Å². The highest BCUT2D eigenvalue weighted by atomic mass is 32.2. The molecule has 0 aliphatic carbocycles. The predicted molar refractivity (Wildman–Crippen MR) is 78.0 cm³/mol. The van der Waals surface area contributed by atoms with E-state index in [1.807, 2.05) is 0 Å². The maximum absolute atomic E-state index is 12.1. The van der Waals surface area contributed by atoms with Crippen LogP contribution in [0.3, 0.4) is 0 Å². The Bertz CT molecular complexity index is 647. The van der Waals surface area contributed by atoms with Gasteiger partial charge in [0.1, 0.15) is 10.7 Å². The van der Waals surface area contributed by atoms with E-state index in [2.05, 4.69) is 39.0 Å². The van der Waals surface area contributed by atoms with E-state index in [0.717, 1.165) is 6.54 Å². The molecule has 2 heterocycles. The minimum absolute atomic E-state index is 0.120. The van der Waals surface area contributed by atoms with Gasteiger partial charge < -0.3 is 10.3 Å². The topological polar surface area (TPSA) is 105 Å². The van der Waals surface area contributed by atoms with Crippen molar-refractivity contribution in [1.29, 1.82) is 0 Å². The first-order chi connectivity index (χ1) is 9.97. The molecule has 0 saturated heterocycles. The summed E-state index contributed by atoms with van der Waals surface area (Å²) in [4.78, 5) is 6.95. The summed E-state index contributed by atoms with van der Waals surface area (Å²) in [6, 6.07) is 0.388. The standard InChI is InChI=1S/C12H20N6O2S/c1-10(2)13-5-6-18-9-11(7-16-18)21(19,20)17-8-12-14-3-4-15-12/h3-4,7,9-10,13,17H,5-6,8H2,1-2H3,(H,14,15). The van der Waals surface area contributed by atoms with Gasteiger partial charge in [0.05, 0.1) is 19.3 Å². The lowest BCUT2D eigenvalue weighted by Crippen LogP contribution is -2.27. The Morgan fingerprint density at radius 2 is 2.24 bits per heavy atom. The van der Waals surface area contributed by atoms with E-state index in [1.165, 1.54) is 12.4 Å². The Balaban J connectivity index is 1.92. The lowest BCUT2D eigenvalue weighted by Gasteiger charge is -2.07. The average molecular weight is 312 g/mol. The second kappa shape index (κ2) is 6.83. The number of sulfonamides is 1. The van der Waals surface area contributed by atoms with Gasteiger partial charge in [0.2, 0.25) is 10.0 Å². The smallest absolute Gasteiger partial charge is 0.244 e. The summed E-state index contributed by atoms with van der Waals surface area (Å²) in [6.07, 6.45) is 6.08. The first-order valence-electron chi connectivity index (χ1n) is 6.71. The Morgan fingerprint density at radius 3 is 2.90 bits per heavy atom. The fourth-order valence-corrected chi connectivity index (χ4v) is 2.65. The third-order valence-corrected chi connectivity index (χ3v) is 4.15. The van der Waals surface area contributed by atoms with Crippen molar-refractivity contribution in [3.05, 3.63) is 30.6 Å². The predicted octanol–water partition coefficient (Wildman–Crippen LogP) is 0.0827. The molecule has 0 fully saturated rings. The van der Waals surface area contributed by atoms with Crippen LogP contribution in [-0.2, 0) is 23.1 Å². The molecule has 0 radical (unpaired) electrons. The van der Waals surface area contributed by atoms with Gasteiger partial charge in [-0.15, -0.1) is 0 Å². The van der Waals surface area contributed by atoms with Gasteiger partial charge in [-0.05, 0) is 0 Å². The van der Waals surface area contributed by atoms with Crippen LogP contribution in [0.25, 0.3) is 0 Å². The average Bonchev–Trinajstić information content (AvgIpc) is 3.07. The number of aromatic amines is 1. The van der Waals surface area contributed by atoms with E-state index in [9.17, 15) is 8.42 Å². The first kappa shape index (κ1) is 15.7. The monoisotopic (exact) mass is 312 g/mol. The third-order valence-electron chi connectivity index (χ3n) is 2.80. The zero-order valence-electron chi connectivity index (χ0n) is 12.1. The van der Waals surface area contributed by atoms with Crippen molar-refractivity contribution in [2.75, 3.05) is 6.54 Å². The highest BCUT2D eigenvalue weighted by Crippen LogP contribution is 2.07. The lowest BCUT2D eigenvalue weighted by atomic mass is 10.4. The molecule has 116 valence electrons. The van der Waals surface area contributed by atoms with E-state index < -0.39 is 10.0 Å². The van der Waals surface area contributed by atoms with Gasteiger partial charge in [-0.2, -0.15) is 5.10 Å². The summed E-state index contributed by atoms with van der Waals surface area (Å²) in [5.74, 6) is 0.562. The van der Waals surface area contributed by atoms with Crippen LogP contribution in [0.1, 0.15) is 19.7 Å². The summed E-state index contributed by atoms with van der Waals surface area (Å²) >= 11 is 0. The fourth-order valence-electron chi connectivity index (χ4n) is 1.71. The Labute approximate surface area is 124 Å². The zero-order chi connectivity index (χ0) is 15.3. The Hall–Kier alpha value is -1.71. The van der Waals surface area contributed by atoms with Crippen molar-refractivity contribution in [2.45, 2.75) is 37.9 Å². The maximum Gasteiger partial charge on any atom is 0.244 e. The van der Waals surface area contributed by atoms with Crippen molar-refractivity contribution in [3.8, 4) is 0 Å². The van der Waals surface area contributed by atoms with Crippen molar-refractivity contribution in [2.24, 2.45) is 0 Å². The minimum atomic E-state index is -3.57. The van der Waals surface area contributed by atoms with Gasteiger partial charge in [-0.25, -0.2) is 18.1 Å². The molecule has 0 aliphatic rings. The SMILES string of the molecule is CC(C)NCCn1cc(S(=O)(=O)NCc2ncc[nH]2)cn1. The van der Waals surface area contributed by atoms with E-state index >= 15 is 0 Å². The molecule has 0 aromatic carbocycles. The van der Waals surface area contributed by atoms with Gasteiger partial charge in [-0.1, -0.05) is 13.8 Å². The van der Waals surface area contributed by atoms with Crippen molar-refractivity contribution >= 4 is 10.0 Å². The van der Waals surface area contributed by atoms with E-state index in [0.29, 0.717) is 18.4 Å². The van der Waals surface area contributed by atoms with Crippen LogP contribution in [-0.4, -0.2) is 40.8 Å². The first-order valence-corrected chi connectivity index (χ1v) is 8.19. The normalized spacial score (nSPS) is 12.1. The number of hydrogen-bond acceptors (Lipinski definition) is 5. The van der Waals surface area contributed by atoms with E-state index in [1.54, 1.807) is 17.1 Å². The molecule has 8 nitrogen and oxygen atoms in total. The molecule has 3 N–H and O–H groups in total. The van der Waals surface area contributed by atoms with E-state index in [4.69, 9.17) is 0 Å². The highest BCUT2D eigenvalue weighted by molar-refractivity contribution is 7.89. The fraction of sp³-hybridized carbons (Fsp3) is 0.500. The van der Waals surface area contributed by atoms with Crippen LogP contribution in [0, 0.1) is 0 Å². The van der Waals surface area contributed by atoms with Crippen LogP contribution >= 0.6 is 0 Å². The molecule has 2 aromatic heterocycles. The molecule has 2 aromatic rings. The van der Waals surface area contributed by atoms with Gasteiger partial charge in [0.25, 0.3) is 0 Å². The molecule has 9 heteroatoms. The number of H-pyrrole nitrogens is 1. The van der Waals surface area contributed by atoms with Crippen LogP contribution < -0.4 is 10.0 Å². The molecule has 0 amide bonds. The molecule has 0 bridgehead atoms. The summed E-state index contributed by atoms with van der Waals surface area (Å²) in [6.45, 7) is 5.58. The van der Waals surface area contributed by atoms with Gasteiger partial charge in [0, 0.05) is 31.2 Å². The molecule has 0 saturated carbocycles. The van der Waals surface area contributed by atoms with Crippen molar-refractivity contribution in [1.82, 2.24) is 29.8 Å². The largest absolute Gasteiger partial charge is 0.347 e. The molecule has 0 unspecified atom stereocenters. The molecular weight excluding hydrogens is 292 g/mol. The van der Waals surface area contributed by atoms with E-state index in [-0.39, 0.29) is 11.4 Å². The lowest BCUT2D eigenvalue weighted by molar-refractivity contribution is 0.514. The van der Waals surface area contributed by atoms with Crippen LogP contribution in [0.15, 0.2) is 29.7 Å². The zero-order valence-corrected chi connectivity index (χ0v) is 12.9. The second-order valence-electron chi connectivity index (χ2n) is 4.91. The van der Waals surface area contributed by atoms with Crippen molar-refractivity contribution in [3.63, 3.8) is 0 Å². The summed E-state index contributed by atoms with van der Waals surface area (Å²) in [7, 11) is -3.57. The second-order valence-corrected chi connectivity index (χ2v) is 6.68. The molecule has 0 aliphatic heterocycles. The third kappa shape index (κ3) is 4.66. The van der Waals surface area contributed by atoms with Crippen LogP contribution in [0.4, 0.5) is 0 Å². The molecule has 0 atom stereocenters. The highest BCUT2D eigenvalue weighted by Gasteiger charge is 2.16. The Kier molecular flexibility index (Phi) is 5.10. The Morgan fingerprint density at radius 1 is 1.43 bits per heavy atom. The summed E-state index contributed by atoms with van der Waals surface area (Å²) < 4.78 is 28.3. The number of hydrogen-bond donors (Lipinski definition) is 3. The summed E-state index contributed by atoms with van der Waals surface area (Å²) in [5.41, 5.74) is 0. The number of nitrogens with zero attached hydrogens (tertiary/aromatic N) is 3. The van der Waals surface area contributed by atoms with Gasteiger partial charge in [-0.3, -0.25) is 4.68 Å². The molecule has 0 spiro atoms. The van der Waals surface area contributed by atoms with Crippen LogP contribution in [0.5, 0.6) is 0 Å². The number of aromatic nitrogens is 4. The molecular formula is C12H20N6O2S. The molecule has 2 rings (SSSR count). The number of imidazole rings is 1. The summed E-state index contributed by atoms with van der Waals surface area (Å²) in [5, 5.41) is 7.31. The quantitative estimate of drug-likeness (QED) is 0.640. The number of nitrogens with one attached hydrogen (secondary N) is 3. The maximum atomic E-state index is 12.1. The molecule has 21 heavy (non-hydrogen) atoms. The van der Waals surface area contributed by atoms with Gasteiger partial charge >= 0.3 is 0 Å².